The zero-order valence-electron chi connectivity index (χ0n) is 7.14. The molecule has 0 radical (unpaired) electrons. The molecule has 0 bridgehead atoms. The van der Waals surface area contributed by atoms with Crippen LogP contribution in [0.5, 0.6) is 0 Å². The van der Waals surface area contributed by atoms with Gasteiger partial charge in [0.15, 0.2) is 0 Å². The van der Waals surface area contributed by atoms with Crippen LogP contribution in [0, 0.1) is 5.92 Å². The first-order valence-electron chi connectivity index (χ1n) is 4.36. The van der Waals surface area contributed by atoms with E-state index in [0.717, 1.165) is 32.3 Å². The Morgan fingerprint density at radius 3 is 3.00 bits per heavy atom. The lowest BCUT2D eigenvalue weighted by Gasteiger charge is -2.19. The summed E-state index contributed by atoms with van der Waals surface area (Å²) in [6.07, 6.45) is 5.13. The van der Waals surface area contributed by atoms with Crippen molar-refractivity contribution in [2.75, 3.05) is 13.7 Å². The molecule has 0 heterocycles. The average molecular weight is 156 g/mol. The molecule has 0 N–H and O–H groups in total. The van der Waals surface area contributed by atoms with Crippen LogP contribution in [-0.4, -0.2) is 19.5 Å². The predicted octanol–water partition coefficient (Wildman–Crippen LogP) is 1.78. The molecule has 0 aliphatic heterocycles. The molecule has 1 aliphatic carbocycles. The van der Waals surface area contributed by atoms with Gasteiger partial charge in [-0.2, -0.15) is 0 Å². The maximum Gasteiger partial charge on any atom is 0.136 e. The van der Waals surface area contributed by atoms with Gasteiger partial charge >= 0.3 is 0 Å². The van der Waals surface area contributed by atoms with Crippen molar-refractivity contribution < 1.29 is 9.53 Å². The van der Waals surface area contributed by atoms with Crippen LogP contribution >= 0.6 is 0 Å². The molecule has 0 unspecified atom stereocenters. The fraction of sp³-hybridized carbons (Fsp3) is 0.889. The van der Waals surface area contributed by atoms with Gasteiger partial charge in [0.25, 0.3) is 0 Å². The molecule has 64 valence electrons. The standard InChI is InChI=1S/C9H16O2/c1-11-7-6-8-4-2-3-5-9(8)10/h8H,2-7H2,1H3/t8-/m1/s1. The highest BCUT2D eigenvalue weighted by atomic mass is 16.5. The van der Waals surface area contributed by atoms with Crippen LogP contribution in [0.25, 0.3) is 0 Å². The van der Waals surface area contributed by atoms with Crippen LogP contribution in [0.4, 0.5) is 0 Å². The summed E-state index contributed by atoms with van der Waals surface area (Å²) >= 11 is 0. The van der Waals surface area contributed by atoms with E-state index in [1.54, 1.807) is 7.11 Å². The Hall–Kier alpha value is -0.370. The fourth-order valence-electron chi connectivity index (χ4n) is 1.62. The second-order valence-corrected chi connectivity index (χ2v) is 3.19. The third-order valence-electron chi connectivity index (χ3n) is 2.35. The summed E-state index contributed by atoms with van der Waals surface area (Å²) < 4.78 is 4.94. The second kappa shape index (κ2) is 4.50. The zero-order valence-corrected chi connectivity index (χ0v) is 7.14. The van der Waals surface area contributed by atoms with Gasteiger partial charge in [-0.05, 0) is 19.3 Å². The highest BCUT2D eigenvalue weighted by molar-refractivity contribution is 5.81. The fourth-order valence-corrected chi connectivity index (χ4v) is 1.62. The van der Waals surface area contributed by atoms with Gasteiger partial charge in [0, 0.05) is 26.1 Å². The first-order chi connectivity index (χ1) is 5.34. The lowest BCUT2D eigenvalue weighted by atomic mass is 9.86. The predicted molar refractivity (Wildman–Crippen MR) is 43.5 cm³/mol. The van der Waals surface area contributed by atoms with Crippen molar-refractivity contribution in [2.24, 2.45) is 5.92 Å². The van der Waals surface area contributed by atoms with Gasteiger partial charge in [-0.25, -0.2) is 0 Å². The number of Topliss-reactive ketones (excluding diaryl/α,β-unsaturated/α-hetero) is 1. The highest BCUT2D eigenvalue weighted by Gasteiger charge is 2.21. The van der Waals surface area contributed by atoms with Crippen molar-refractivity contribution in [3.05, 3.63) is 0 Å². The summed E-state index contributed by atoms with van der Waals surface area (Å²) in [5.74, 6) is 0.761. The highest BCUT2D eigenvalue weighted by Crippen LogP contribution is 2.22. The normalized spacial score (nSPS) is 25.5. The number of rotatable bonds is 3. The van der Waals surface area contributed by atoms with Gasteiger partial charge in [-0.15, -0.1) is 0 Å². The maximum absolute atomic E-state index is 11.2. The smallest absolute Gasteiger partial charge is 0.136 e. The maximum atomic E-state index is 11.2. The van der Waals surface area contributed by atoms with Crippen LogP contribution in [0.3, 0.4) is 0 Å². The van der Waals surface area contributed by atoms with E-state index in [1.807, 2.05) is 0 Å². The molecule has 0 amide bonds. The van der Waals surface area contributed by atoms with E-state index in [9.17, 15) is 4.79 Å². The monoisotopic (exact) mass is 156 g/mol. The van der Waals surface area contributed by atoms with Gasteiger partial charge in [0.2, 0.25) is 0 Å². The molecule has 0 spiro atoms. The molecule has 1 rings (SSSR count). The molecule has 1 atom stereocenters. The van der Waals surface area contributed by atoms with Crippen molar-refractivity contribution in [3.63, 3.8) is 0 Å². The molecule has 2 nitrogen and oxygen atoms in total. The molecule has 0 aromatic heterocycles. The van der Waals surface area contributed by atoms with Crippen molar-refractivity contribution in [3.8, 4) is 0 Å². The number of carbonyl (C=O) groups is 1. The summed E-state index contributed by atoms with van der Waals surface area (Å²) in [5, 5.41) is 0. The van der Waals surface area contributed by atoms with Crippen LogP contribution in [-0.2, 0) is 9.53 Å². The summed E-state index contributed by atoms with van der Waals surface area (Å²) in [4.78, 5) is 11.2. The first-order valence-corrected chi connectivity index (χ1v) is 4.36. The summed E-state index contributed by atoms with van der Waals surface area (Å²) in [5.41, 5.74) is 0. The van der Waals surface area contributed by atoms with E-state index in [0.29, 0.717) is 11.7 Å². The van der Waals surface area contributed by atoms with E-state index in [2.05, 4.69) is 0 Å². The Morgan fingerprint density at radius 2 is 2.36 bits per heavy atom. The number of carbonyl (C=O) groups excluding carboxylic acids is 1. The zero-order chi connectivity index (χ0) is 8.10. The minimum atomic E-state index is 0.309. The third-order valence-corrected chi connectivity index (χ3v) is 2.35. The topological polar surface area (TPSA) is 26.3 Å². The van der Waals surface area contributed by atoms with Crippen molar-refractivity contribution in [1.82, 2.24) is 0 Å². The molecule has 1 fully saturated rings. The van der Waals surface area contributed by atoms with Crippen molar-refractivity contribution >= 4 is 5.78 Å². The van der Waals surface area contributed by atoms with Gasteiger partial charge in [-0.1, -0.05) is 6.42 Å². The van der Waals surface area contributed by atoms with E-state index in [1.165, 1.54) is 6.42 Å². The quantitative estimate of drug-likeness (QED) is 0.622. The molecular weight excluding hydrogens is 140 g/mol. The third kappa shape index (κ3) is 2.62. The van der Waals surface area contributed by atoms with Crippen molar-refractivity contribution in [1.29, 1.82) is 0 Å². The molecular formula is C9H16O2. The van der Waals surface area contributed by atoms with Gasteiger partial charge in [-0.3, -0.25) is 4.79 Å². The van der Waals surface area contributed by atoms with E-state index in [-0.39, 0.29) is 0 Å². The number of methoxy groups -OCH3 is 1. The molecule has 1 aliphatic rings. The summed E-state index contributed by atoms with van der Waals surface area (Å²) in [7, 11) is 1.69. The molecule has 0 aromatic carbocycles. The second-order valence-electron chi connectivity index (χ2n) is 3.19. The van der Waals surface area contributed by atoms with E-state index >= 15 is 0 Å². The SMILES string of the molecule is COCC[C@H]1CCCCC1=O. The first kappa shape index (κ1) is 8.72. The summed E-state index contributed by atoms with van der Waals surface area (Å²) in [6.45, 7) is 0.733. The Labute approximate surface area is 67.9 Å². The van der Waals surface area contributed by atoms with E-state index < -0.39 is 0 Å². The van der Waals surface area contributed by atoms with Crippen LogP contribution in [0.15, 0.2) is 0 Å². The largest absolute Gasteiger partial charge is 0.385 e. The van der Waals surface area contributed by atoms with Gasteiger partial charge in [0.1, 0.15) is 5.78 Å². The minimum absolute atomic E-state index is 0.309. The Balaban J connectivity index is 2.24. The van der Waals surface area contributed by atoms with Gasteiger partial charge in [0.05, 0.1) is 0 Å². The van der Waals surface area contributed by atoms with Crippen LogP contribution in [0.1, 0.15) is 32.1 Å². The average Bonchev–Trinajstić information content (AvgIpc) is 2.03. The van der Waals surface area contributed by atoms with Crippen LogP contribution in [0.2, 0.25) is 0 Å². The Bertz CT molecular complexity index is 132. The number of ketones is 1. The molecule has 0 aromatic rings. The summed E-state index contributed by atoms with van der Waals surface area (Å²) in [6, 6.07) is 0. The molecule has 2 heteroatoms. The number of ether oxygens (including phenoxy) is 1. The molecule has 11 heavy (non-hydrogen) atoms. The number of hydrogen-bond donors (Lipinski definition) is 0. The molecule has 0 saturated heterocycles. The molecule has 1 saturated carbocycles. The van der Waals surface area contributed by atoms with Crippen molar-refractivity contribution in [2.45, 2.75) is 32.1 Å². The van der Waals surface area contributed by atoms with Crippen LogP contribution < -0.4 is 0 Å². The number of hydrogen-bond acceptors (Lipinski definition) is 2. The Kier molecular flexibility index (Phi) is 3.57. The lowest BCUT2D eigenvalue weighted by molar-refractivity contribution is -0.125. The minimum Gasteiger partial charge on any atom is -0.385 e. The van der Waals surface area contributed by atoms with Gasteiger partial charge < -0.3 is 4.74 Å². The van der Waals surface area contributed by atoms with E-state index in [4.69, 9.17) is 4.74 Å². The lowest BCUT2D eigenvalue weighted by Crippen LogP contribution is -2.20. The Morgan fingerprint density at radius 1 is 1.55 bits per heavy atom.